The Morgan fingerprint density at radius 2 is 2.00 bits per heavy atom. The average Bonchev–Trinajstić information content (AvgIpc) is 2.64. The number of halogens is 3. The predicted octanol–water partition coefficient (Wildman–Crippen LogP) is 5.44. The summed E-state index contributed by atoms with van der Waals surface area (Å²) in [7, 11) is 0. The molecular weight excluding hydrogens is 355 g/mol. The van der Waals surface area contributed by atoms with Gasteiger partial charge in [-0.3, -0.25) is 0 Å². The third-order valence-corrected chi connectivity index (χ3v) is 5.29. The molecule has 0 saturated carbocycles. The van der Waals surface area contributed by atoms with E-state index >= 15 is 0 Å². The van der Waals surface area contributed by atoms with Gasteiger partial charge in [-0.05, 0) is 36.8 Å². The van der Waals surface area contributed by atoms with Crippen LogP contribution >= 0.6 is 43.2 Å². The largest absolute Gasteiger partial charge is 0.207 e. The van der Waals surface area contributed by atoms with E-state index in [0.717, 1.165) is 10.0 Å². The van der Waals surface area contributed by atoms with E-state index in [1.54, 1.807) is 17.4 Å². The summed E-state index contributed by atoms with van der Waals surface area (Å²) in [5.41, 5.74) is 1.04. The molecule has 0 spiro atoms. The number of hydrogen-bond acceptors (Lipinski definition) is 1. The molecule has 4 heteroatoms. The quantitative estimate of drug-likeness (QED) is 0.623. The van der Waals surface area contributed by atoms with Crippen LogP contribution < -0.4 is 0 Å². The van der Waals surface area contributed by atoms with Gasteiger partial charge in [-0.1, -0.05) is 37.9 Å². The van der Waals surface area contributed by atoms with E-state index in [2.05, 4.69) is 50.9 Å². The number of thiophene rings is 1. The highest BCUT2D eigenvalue weighted by Gasteiger charge is 2.15. The van der Waals surface area contributed by atoms with Gasteiger partial charge in [-0.25, -0.2) is 4.39 Å². The summed E-state index contributed by atoms with van der Waals surface area (Å²) in [5.74, 6) is -0.224. The fourth-order valence-corrected chi connectivity index (χ4v) is 4.04. The van der Waals surface area contributed by atoms with Crippen LogP contribution in [0.4, 0.5) is 4.39 Å². The third kappa shape index (κ3) is 2.55. The van der Waals surface area contributed by atoms with Crippen LogP contribution in [-0.2, 0) is 0 Å². The highest BCUT2D eigenvalue weighted by molar-refractivity contribution is 9.11. The second-order valence-electron chi connectivity index (χ2n) is 3.48. The highest BCUT2D eigenvalue weighted by Crippen LogP contribution is 2.38. The topological polar surface area (TPSA) is 0 Å². The molecule has 1 atom stereocenters. The zero-order valence-corrected chi connectivity index (χ0v) is 12.5. The molecule has 2 aromatic rings. The summed E-state index contributed by atoms with van der Waals surface area (Å²) in [6.45, 7) is 2.08. The van der Waals surface area contributed by atoms with Crippen molar-refractivity contribution in [1.82, 2.24) is 0 Å². The molecule has 1 aromatic carbocycles. The molecule has 16 heavy (non-hydrogen) atoms. The van der Waals surface area contributed by atoms with Crippen LogP contribution in [0.25, 0.3) is 0 Å². The van der Waals surface area contributed by atoms with Crippen molar-refractivity contribution in [3.05, 3.63) is 55.9 Å². The Bertz CT molecular complexity index is 507. The van der Waals surface area contributed by atoms with Crippen molar-refractivity contribution in [2.45, 2.75) is 11.8 Å². The minimum absolute atomic E-state index is 0.112. The first-order valence-corrected chi connectivity index (χ1v) is 7.26. The minimum Gasteiger partial charge on any atom is -0.207 e. The number of hydrogen-bond donors (Lipinski definition) is 0. The molecule has 0 nitrogen and oxygen atoms in total. The van der Waals surface area contributed by atoms with Gasteiger partial charge in [0.15, 0.2) is 0 Å². The fourth-order valence-electron chi connectivity index (χ4n) is 1.45. The third-order valence-electron chi connectivity index (χ3n) is 2.25. The Morgan fingerprint density at radius 3 is 2.56 bits per heavy atom. The van der Waals surface area contributed by atoms with E-state index in [1.807, 2.05) is 0 Å². The van der Waals surface area contributed by atoms with Crippen LogP contribution in [0.3, 0.4) is 0 Å². The monoisotopic (exact) mass is 362 g/mol. The van der Waals surface area contributed by atoms with Gasteiger partial charge < -0.3 is 0 Å². The van der Waals surface area contributed by atoms with Gasteiger partial charge in [0.1, 0.15) is 5.82 Å². The first kappa shape index (κ1) is 12.3. The zero-order chi connectivity index (χ0) is 11.7. The van der Waals surface area contributed by atoms with Gasteiger partial charge in [0.25, 0.3) is 0 Å². The van der Waals surface area contributed by atoms with E-state index < -0.39 is 0 Å². The van der Waals surface area contributed by atoms with Crippen molar-refractivity contribution >= 4 is 43.2 Å². The second kappa shape index (κ2) is 4.98. The maximum Gasteiger partial charge on any atom is 0.124 e. The molecular formula is C12H9Br2FS. The molecule has 1 unspecified atom stereocenters. The van der Waals surface area contributed by atoms with Crippen molar-refractivity contribution in [3.63, 3.8) is 0 Å². The van der Waals surface area contributed by atoms with Crippen molar-refractivity contribution in [2.75, 3.05) is 0 Å². The molecule has 1 aromatic heterocycles. The first-order chi connectivity index (χ1) is 7.58. The van der Waals surface area contributed by atoms with E-state index in [0.29, 0.717) is 0 Å². The lowest BCUT2D eigenvalue weighted by atomic mass is 10.1. The van der Waals surface area contributed by atoms with Gasteiger partial charge in [0.05, 0.1) is 4.83 Å². The lowest BCUT2D eigenvalue weighted by Crippen LogP contribution is -1.91. The molecule has 0 saturated heterocycles. The molecule has 0 aliphatic carbocycles. The Balaban J connectivity index is 2.37. The summed E-state index contributed by atoms with van der Waals surface area (Å²) >= 11 is 8.77. The van der Waals surface area contributed by atoms with Gasteiger partial charge in [-0.2, -0.15) is 0 Å². The minimum atomic E-state index is -0.224. The average molecular weight is 364 g/mol. The van der Waals surface area contributed by atoms with E-state index in [9.17, 15) is 4.39 Å². The standard InChI is InChI=1S/C12H9Br2FS/c1-7-2-5-11(16-7)12(14)9-4-3-8(15)6-10(9)13/h2-6,12H,1H3. The fraction of sp³-hybridized carbons (Fsp3) is 0.167. The smallest absolute Gasteiger partial charge is 0.124 e. The molecule has 0 aliphatic heterocycles. The van der Waals surface area contributed by atoms with Crippen molar-refractivity contribution in [2.24, 2.45) is 0 Å². The van der Waals surface area contributed by atoms with Crippen LogP contribution in [0.5, 0.6) is 0 Å². The molecule has 1 heterocycles. The molecule has 0 bridgehead atoms. The number of rotatable bonds is 2. The number of alkyl halides is 1. The molecule has 0 N–H and O–H groups in total. The summed E-state index contributed by atoms with van der Waals surface area (Å²) in [6.07, 6.45) is 0. The summed E-state index contributed by atoms with van der Waals surface area (Å²) in [6, 6.07) is 8.95. The Morgan fingerprint density at radius 1 is 1.25 bits per heavy atom. The van der Waals surface area contributed by atoms with Crippen molar-refractivity contribution in [1.29, 1.82) is 0 Å². The van der Waals surface area contributed by atoms with Gasteiger partial charge in [-0.15, -0.1) is 11.3 Å². The summed E-state index contributed by atoms with van der Waals surface area (Å²) in [5, 5.41) is 0. The highest BCUT2D eigenvalue weighted by atomic mass is 79.9. The Hall–Kier alpha value is -0.190. The Kier molecular flexibility index (Phi) is 3.82. The summed E-state index contributed by atoms with van der Waals surface area (Å²) < 4.78 is 13.8. The van der Waals surface area contributed by atoms with E-state index in [1.165, 1.54) is 21.9 Å². The molecule has 0 aliphatic rings. The van der Waals surface area contributed by atoms with Crippen LogP contribution in [-0.4, -0.2) is 0 Å². The lowest BCUT2D eigenvalue weighted by molar-refractivity contribution is 0.626. The SMILES string of the molecule is Cc1ccc(C(Br)c2ccc(F)cc2Br)s1. The van der Waals surface area contributed by atoms with E-state index in [4.69, 9.17) is 0 Å². The second-order valence-corrected chi connectivity index (χ2v) is 6.57. The Labute approximate surface area is 115 Å². The maximum absolute atomic E-state index is 13.0. The zero-order valence-electron chi connectivity index (χ0n) is 8.51. The van der Waals surface area contributed by atoms with Crippen molar-refractivity contribution < 1.29 is 4.39 Å². The van der Waals surface area contributed by atoms with Crippen LogP contribution in [0, 0.1) is 12.7 Å². The first-order valence-electron chi connectivity index (χ1n) is 4.73. The normalized spacial score (nSPS) is 12.8. The predicted molar refractivity (Wildman–Crippen MR) is 73.9 cm³/mol. The number of benzene rings is 1. The molecule has 84 valence electrons. The maximum atomic E-state index is 13.0. The molecule has 2 rings (SSSR count). The lowest BCUT2D eigenvalue weighted by Gasteiger charge is -2.10. The van der Waals surface area contributed by atoms with Gasteiger partial charge >= 0.3 is 0 Å². The number of aryl methyl sites for hydroxylation is 1. The summed E-state index contributed by atoms with van der Waals surface area (Å²) in [4.78, 5) is 2.61. The van der Waals surface area contributed by atoms with Gasteiger partial charge in [0, 0.05) is 14.2 Å². The molecule has 0 radical (unpaired) electrons. The van der Waals surface area contributed by atoms with Crippen LogP contribution in [0.15, 0.2) is 34.8 Å². The van der Waals surface area contributed by atoms with Crippen molar-refractivity contribution in [3.8, 4) is 0 Å². The van der Waals surface area contributed by atoms with E-state index in [-0.39, 0.29) is 10.6 Å². The molecule has 0 amide bonds. The van der Waals surface area contributed by atoms with Gasteiger partial charge in [0.2, 0.25) is 0 Å². The van der Waals surface area contributed by atoms with Crippen LogP contribution in [0.1, 0.15) is 20.1 Å². The molecule has 0 fully saturated rings. The van der Waals surface area contributed by atoms with Crippen LogP contribution in [0.2, 0.25) is 0 Å².